The lowest BCUT2D eigenvalue weighted by atomic mass is 10.2. The average molecular weight is 294 g/mol. The maximum atomic E-state index is 5.72. The Labute approximate surface area is 126 Å². The van der Waals surface area contributed by atoms with Crippen LogP contribution in [0.4, 0.5) is 5.95 Å². The van der Waals surface area contributed by atoms with Crippen LogP contribution in [0, 0.1) is 6.92 Å². The third-order valence-electron chi connectivity index (χ3n) is 3.29. The minimum atomic E-state index is 0.106. The monoisotopic (exact) mass is 294 g/mol. The summed E-state index contributed by atoms with van der Waals surface area (Å²) < 4.78 is 11.3. The molecule has 1 aromatic heterocycles. The lowest BCUT2D eigenvalue weighted by Gasteiger charge is -2.36. The molecule has 0 aromatic carbocycles. The van der Waals surface area contributed by atoms with Crippen LogP contribution in [0.25, 0.3) is 0 Å². The van der Waals surface area contributed by atoms with Crippen LogP contribution in [0.3, 0.4) is 0 Å². The van der Waals surface area contributed by atoms with Crippen molar-refractivity contribution in [1.82, 2.24) is 15.3 Å². The molecule has 6 heteroatoms. The molecule has 1 aliphatic heterocycles. The van der Waals surface area contributed by atoms with Gasteiger partial charge in [0.25, 0.3) is 0 Å². The van der Waals surface area contributed by atoms with Gasteiger partial charge in [-0.3, -0.25) is 0 Å². The Bertz CT molecular complexity index is 453. The second kappa shape index (κ2) is 7.56. The first-order chi connectivity index (χ1) is 10.1. The zero-order valence-corrected chi connectivity index (χ0v) is 13.4. The van der Waals surface area contributed by atoms with E-state index in [2.05, 4.69) is 27.1 Å². The van der Waals surface area contributed by atoms with E-state index in [1.165, 1.54) is 0 Å². The van der Waals surface area contributed by atoms with Crippen molar-refractivity contribution in [2.45, 2.75) is 39.8 Å². The first kappa shape index (κ1) is 16.0. The maximum absolute atomic E-state index is 5.72. The zero-order chi connectivity index (χ0) is 15.2. The first-order valence-electron chi connectivity index (χ1n) is 7.67. The molecule has 1 fully saturated rings. The van der Waals surface area contributed by atoms with Crippen molar-refractivity contribution in [3.05, 3.63) is 11.8 Å². The van der Waals surface area contributed by atoms with Gasteiger partial charge in [0.2, 0.25) is 11.8 Å². The van der Waals surface area contributed by atoms with Crippen LogP contribution < -0.4 is 15.0 Å². The van der Waals surface area contributed by atoms with Crippen LogP contribution in [0.1, 0.15) is 26.5 Å². The van der Waals surface area contributed by atoms with Crippen LogP contribution in [-0.2, 0) is 4.74 Å². The minimum Gasteiger partial charge on any atom is -0.475 e. The predicted octanol–water partition coefficient (Wildman–Crippen LogP) is 1.39. The van der Waals surface area contributed by atoms with Crippen LogP contribution in [0.5, 0.6) is 5.88 Å². The van der Waals surface area contributed by atoms with Crippen LogP contribution >= 0.6 is 0 Å². The summed E-state index contributed by atoms with van der Waals surface area (Å²) in [7, 11) is 0. The van der Waals surface area contributed by atoms with Crippen molar-refractivity contribution < 1.29 is 9.47 Å². The molecule has 1 aromatic rings. The summed E-state index contributed by atoms with van der Waals surface area (Å²) in [6.45, 7) is 12.1. The van der Waals surface area contributed by atoms with Crippen LogP contribution in [-0.4, -0.2) is 55.0 Å². The van der Waals surface area contributed by atoms with Gasteiger partial charge in [0.15, 0.2) is 0 Å². The Morgan fingerprint density at radius 3 is 3.00 bits per heavy atom. The molecule has 0 radical (unpaired) electrons. The number of aromatic nitrogens is 2. The summed E-state index contributed by atoms with van der Waals surface area (Å²) in [5.41, 5.74) is 0.921. The topological polar surface area (TPSA) is 59.5 Å². The molecule has 0 spiro atoms. The minimum absolute atomic E-state index is 0.106. The Morgan fingerprint density at radius 1 is 1.48 bits per heavy atom. The predicted molar refractivity (Wildman–Crippen MR) is 83.0 cm³/mol. The maximum Gasteiger partial charge on any atom is 0.229 e. The standard InChI is InChI=1S/C15H26N4O2/c1-5-16-9-13-10-20-7-6-19(13)15-17-12(4)8-14(18-15)21-11(2)3/h8,11,13,16H,5-7,9-10H2,1-4H3. The number of hydrogen-bond acceptors (Lipinski definition) is 6. The van der Waals surface area contributed by atoms with Crippen molar-refractivity contribution in [2.24, 2.45) is 0 Å². The van der Waals surface area contributed by atoms with Crippen molar-refractivity contribution in [2.75, 3.05) is 37.7 Å². The molecular weight excluding hydrogens is 268 g/mol. The quantitative estimate of drug-likeness (QED) is 0.855. The molecule has 0 bridgehead atoms. The fraction of sp³-hybridized carbons (Fsp3) is 0.733. The van der Waals surface area contributed by atoms with E-state index < -0.39 is 0 Å². The van der Waals surface area contributed by atoms with Crippen molar-refractivity contribution in [1.29, 1.82) is 0 Å². The number of morpholine rings is 1. The molecular formula is C15H26N4O2. The summed E-state index contributed by atoms with van der Waals surface area (Å²) in [5.74, 6) is 1.37. The van der Waals surface area contributed by atoms with Gasteiger partial charge in [0.05, 0.1) is 25.4 Å². The molecule has 2 rings (SSSR count). The smallest absolute Gasteiger partial charge is 0.229 e. The van der Waals surface area contributed by atoms with Gasteiger partial charge in [-0.05, 0) is 27.3 Å². The van der Waals surface area contributed by atoms with Crippen molar-refractivity contribution >= 4 is 5.95 Å². The second-order valence-corrected chi connectivity index (χ2v) is 5.54. The van der Waals surface area contributed by atoms with E-state index in [-0.39, 0.29) is 12.1 Å². The highest BCUT2D eigenvalue weighted by Gasteiger charge is 2.25. The molecule has 0 saturated carbocycles. The Kier molecular flexibility index (Phi) is 5.76. The molecule has 1 unspecified atom stereocenters. The molecule has 0 amide bonds. The van der Waals surface area contributed by atoms with Gasteiger partial charge < -0.3 is 19.7 Å². The number of ether oxygens (including phenoxy) is 2. The highest BCUT2D eigenvalue weighted by atomic mass is 16.5. The third kappa shape index (κ3) is 4.54. The summed E-state index contributed by atoms with van der Waals surface area (Å²) in [5, 5.41) is 3.37. The number of nitrogens with one attached hydrogen (secondary N) is 1. The van der Waals surface area contributed by atoms with Gasteiger partial charge in [-0.15, -0.1) is 0 Å². The third-order valence-corrected chi connectivity index (χ3v) is 3.29. The fourth-order valence-electron chi connectivity index (χ4n) is 2.35. The van der Waals surface area contributed by atoms with Gasteiger partial charge in [-0.2, -0.15) is 4.98 Å². The van der Waals surface area contributed by atoms with Gasteiger partial charge >= 0.3 is 0 Å². The molecule has 0 aliphatic carbocycles. The first-order valence-corrected chi connectivity index (χ1v) is 7.67. The Hall–Kier alpha value is -1.40. The van der Waals surface area contributed by atoms with Gasteiger partial charge in [0.1, 0.15) is 0 Å². The summed E-state index contributed by atoms with van der Waals surface area (Å²) in [4.78, 5) is 11.4. The highest BCUT2D eigenvalue weighted by molar-refractivity contribution is 5.36. The molecule has 1 saturated heterocycles. The number of nitrogens with zero attached hydrogens (tertiary/aromatic N) is 3. The highest BCUT2D eigenvalue weighted by Crippen LogP contribution is 2.20. The molecule has 1 N–H and O–H groups in total. The van der Waals surface area contributed by atoms with Crippen LogP contribution in [0.2, 0.25) is 0 Å². The molecule has 118 valence electrons. The van der Waals surface area contributed by atoms with Gasteiger partial charge in [-0.25, -0.2) is 4.98 Å². The lowest BCUT2D eigenvalue weighted by molar-refractivity contribution is 0.0928. The average Bonchev–Trinajstić information content (AvgIpc) is 2.44. The largest absolute Gasteiger partial charge is 0.475 e. The molecule has 6 nitrogen and oxygen atoms in total. The number of anilines is 1. The fourth-order valence-corrected chi connectivity index (χ4v) is 2.35. The van der Waals surface area contributed by atoms with E-state index in [1.807, 2.05) is 26.8 Å². The zero-order valence-electron chi connectivity index (χ0n) is 13.4. The van der Waals surface area contributed by atoms with E-state index >= 15 is 0 Å². The van der Waals surface area contributed by atoms with E-state index in [1.54, 1.807) is 0 Å². The summed E-state index contributed by atoms with van der Waals surface area (Å²) >= 11 is 0. The molecule has 1 atom stereocenters. The summed E-state index contributed by atoms with van der Waals surface area (Å²) in [6.07, 6.45) is 0.106. The molecule has 1 aliphatic rings. The number of rotatable bonds is 6. The lowest BCUT2D eigenvalue weighted by Crippen LogP contribution is -2.51. The number of aryl methyl sites for hydroxylation is 1. The number of hydrogen-bond donors (Lipinski definition) is 1. The number of likely N-dealkylation sites (N-methyl/N-ethyl adjacent to an activating group) is 1. The molecule has 2 heterocycles. The van der Waals surface area contributed by atoms with Gasteiger partial charge in [0, 0.05) is 24.8 Å². The van der Waals surface area contributed by atoms with Crippen LogP contribution in [0.15, 0.2) is 6.07 Å². The SMILES string of the molecule is CCNCC1COCCN1c1nc(C)cc(OC(C)C)n1. The summed E-state index contributed by atoms with van der Waals surface area (Å²) in [6, 6.07) is 2.14. The van der Waals surface area contributed by atoms with Crippen molar-refractivity contribution in [3.8, 4) is 5.88 Å². The van der Waals surface area contributed by atoms with E-state index in [4.69, 9.17) is 9.47 Å². The Morgan fingerprint density at radius 2 is 2.29 bits per heavy atom. The van der Waals surface area contributed by atoms with E-state index in [0.717, 1.165) is 31.3 Å². The molecule has 21 heavy (non-hydrogen) atoms. The normalized spacial score (nSPS) is 19.1. The second-order valence-electron chi connectivity index (χ2n) is 5.54. The van der Waals surface area contributed by atoms with E-state index in [9.17, 15) is 0 Å². The van der Waals surface area contributed by atoms with Gasteiger partial charge in [-0.1, -0.05) is 6.92 Å². The van der Waals surface area contributed by atoms with Crippen molar-refractivity contribution in [3.63, 3.8) is 0 Å². The Balaban J connectivity index is 2.18. The van der Waals surface area contributed by atoms with E-state index in [0.29, 0.717) is 19.1 Å².